The van der Waals surface area contributed by atoms with Crippen molar-refractivity contribution in [2.45, 2.75) is 0 Å². The number of hydrogen-bond donors (Lipinski definition) is 1. The van der Waals surface area contributed by atoms with Crippen LogP contribution in [0.1, 0.15) is 16.1 Å². The molecule has 2 aromatic carbocycles. The number of furan rings is 1. The van der Waals surface area contributed by atoms with Crippen LogP contribution in [-0.4, -0.2) is 19.0 Å². The number of carbonyl (C=O) groups excluding carboxylic acids is 2. The molecule has 0 aliphatic rings. The molecule has 0 atom stereocenters. The minimum absolute atomic E-state index is 0.0209. The molecule has 0 bridgehead atoms. The fraction of sp³-hybridized carbons (Fsp3) is 0.0455. The van der Waals surface area contributed by atoms with Crippen molar-refractivity contribution in [3.63, 3.8) is 0 Å². The van der Waals surface area contributed by atoms with E-state index in [0.717, 1.165) is 0 Å². The molecule has 0 aliphatic carbocycles. The number of carboxylic acid groups (broad SMARTS) is 1. The number of amides is 1. The van der Waals surface area contributed by atoms with Crippen LogP contribution in [0.2, 0.25) is 0 Å². The van der Waals surface area contributed by atoms with Gasteiger partial charge in [-0.3, -0.25) is 4.79 Å². The Morgan fingerprint density at radius 1 is 1.14 bits per heavy atom. The van der Waals surface area contributed by atoms with Gasteiger partial charge >= 0.3 is 0 Å². The Labute approximate surface area is 166 Å². The minimum Gasteiger partial charge on any atom is -0.545 e. The number of nitrogens with one attached hydrogen (secondary N) is 1. The molecule has 0 aliphatic heterocycles. The van der Waals surface area contributed by atoms with Crippen LogP contribution in [0.3, 0.4) is 0 Å². The van der Waals surface area contributed by atoms with Gasteiger partial charge in [0.25, 0.3) is 5.91 Å². The van der Waals surface area contributed by atoms with Crippen molar-refractivity contribution in [1.29, 1.82) is 5.26 Å². The number of ether oxygens (including phenoxy) is 1. The Bertz CT molecular complexity index is 1120. The van der Waals surface area contributed by atoms with Gasteiger partial charge in [-0.25, -0.2) is 0 Å². The lowest BCUT2D eigenvalue weighted by molar-refractivity contribution is -0.255. The summed E-state index contributed by atoms with van der Waals surface area (Å²) in [5.74, 6) is -0.563. The summed E-state index contributed by atoms with van der Waals surface area (Å²) in [6.45, 7) is 0. The lowest BCUT2D eigenvalue weighted by Crippen LogP contribution is -2.22. The average molecular weight is 387 g/mol. The second-order valence-electron chi connectivity index (χ2n) is 5.92. The maximum Gasteiger partial charge on any atom is 0.266 e. The van der Waals surface area contributed by atoms with E-state index in [-0.39, 0.29) is 16.9 Å². The Kier molecular flexibility index (Phi) is 5.76. The number of carboxylic acids is 1. The van der Waals surface area contributed by atoms with E-state index in [2.05, 4.69) is 5.32 Å². The van der Waals surface area contributed by atoms with Crippen LogP contribution in [0.4, 0.5) is 5.69 Å². The fourth-order valence-corrected chi connectivity index (χ4v) is 2.55. The summed E-state index contributed by atoms with van der Waals surface area (Å²) in [5, 5.41) is 22.9. The van der Waals surface area contributed by atoms with E-state index < -0.39 is 11.9 Å². The van der Waals surface area contributed by atoms with Gasteiger partial charge in [-0.15, -0.1) is 0 Å². The summed E-state index contributed by atoms with van der Waals surface area (Å²) >= 11 is 0. The number of carbonyl (C=O) groups is 2. The van der Waals surface area contributed by atoms with Crippen LogP contribution in [-0.2, 0) is 4.79 Å². The van der Waals surface area contributed by atoms with Gasteiger partial charge in [0.2, 0.25) is 0 Å². The highest BCUT2D eigenvalue weighted by atomic mass is 16.5. The van der Waals surface area contributed by atoms with Gasteiger partial charge in [0.15, 0.2) is 0 Å². The van der Waals surface area contributed by atoms with Crippen molar-refractivity contribution in [2.24, 2.45) is 0 Å². The molecule has 0 spiro atoms. The molecule has 1 amide bonds. The number of rotatable bonds is 6. The van der Waals surface area contributed by atoms with Crippen LogP contribution in [0.25, 0.3) is 17.4 Å². The van der Waals surface area contributed by atoms with E-state index in [1.807, 2.05) is 6.07 Å². The van der Waals surface area contributed by atoms with Crippen molar-refractivity contribution < 1.29 is 23.8 Å². The molecule has 0 fully saturated rings. The average Bonchev–Trinajstić information content (AvgIpc) is 3.21. The molecule has 1 N–H and O–H groups in total. The van der Waals surface area contributed by atoms with Gasteiger partial charge in [0.05, 0.1) is 13.1 Å². The molecule has 144 valence electrons. The van der Waals surface area contributed by atoms with Crippen molar-refractivity contribution in [3.05, 3.63) is 77.6 Å². The Morgan fingerprint density at radius 2 is 1.90 bits per heavy atom. The molecule has 0 saturated carbocycles. The zero-order valence-electron chi connectivity index (χ0n) is 15.3. The summed E-state index contributed by atoms with van der Waals surface area (Å²) in [6.07, 6.45) is 1.31. The molecular formula is C22H15N2O5-. The van der Waals surface area contributed by atoms with Gasteiger partial charge in [0, 0.05) is 17.3 Å². The molecule has 0 radical (unpaired) electrons. The summed E-state index contributed by atoms with van der Waals surface area (Å²) in [6, 6.07) is 17.8. The highest BCUT2D eigenvalue weighted by Crippen LogP contribution is 2.24. The Morgan fingerprint density at radius 3 is 2.55 bits per heavy atom. The number of aromatic carboxylic acids is 1. The first-order valence-electron chi connectivity index (χ1n) is 8.49. The summed E-state index contributed by atoms with van der Waals surface area (Å²) in [7, 11) is 1.54. The third-order valence-corrected chi connectivity index (χ3v) is 4.01. The minimum atomic E-state index is -1.29. The molecule has 7 heteroatoms. The van der Waals surface area contributed by atoms with Gasteiger partial charge < -0.3 is 24.4 Å². The SMILES string of the molecule is COc1ccc(NC(=O)/C(C#N)=C/c2ccc(-c3cccc(C(=O)[O-])c3)o2)cc1. The van der Waals surface area contributed by atoms with Crippen LogP contribution >= 0.6 is 0 Å². The molecule has 3 aromatic rings. The quantitative estimate of drug-likeness (QED) is 0.514. The fourth-order valence-electron chi connectivity index (χ4n) is 2.55. The third kappa shape index (κ3) is 4.70. The van der Waals surface area contributed by atoms with Crippen LogP contribution < -0.4 is 15.2 Å². The molecule has 1 aromatic heterocycles. The first-order chi connectivity index (χ1) is 14.0. The molecule has 0 saturated heterocycles. The predicted octanol–water partition coefficient (Wildman–Crippen LogP) is 2.86. The van der Waals surface area contributed by atoms with Crippen LogP contribution in [0.5, 0.6) is 5.75 Å². The van der Waals surface area contributed by atoms with Gasteiger partial charge in [0.1, 0.15) is 28.9 Å². The summed E-state index contributed by atoms with van der Waals surface area (Å²) in [5.41, 5.74) is 0.918. The monoisotopic (exact) mass is 387 g/mol. The highest BCUT2D eigenvalue weighted by molar-refractivity contribution is 6.09. The molecule has 7 nitrogen and oxygen atoms in total. The van der Waals surface area contributed by atoms with E-state index in [0.29, 0.717) is 22.8 Å². The largest absolute Gasteiger partial charge is 0.545 e. The smallest absolute Gasteiger partial charge is 0.266 e. The number of anilines is 1. The Balaban J connectivity index is 1.79. The molecule has 3 rings (SSSR count). The standard InChI is InChI=1S/C22H16N2O5/c1-28-18-7-5-17(6-8-18)24-21(25)16(13-23)12-19-9-10-20(29-19)14-3-2-4-15(11-14)22(26)27/h2-12H,1H3,(H,24,25)(H,26,27)/p-1/b16-12+. The van der Waals surface area contributed by atoms with Crippen molar-refractivity contribution in [3.8, 4) is 23.1 Å². The van der Waals surface area contributed by atoms with Crippen LogP contribution in [0.15, 0.2) is 70.7 Å². The molecule has 1 heterocycles. The molecule has 0 unspecified atom stereocenters. The lowest BCUT2D eigenvalue weighted by Gasteiger charge is -2.05. The number of nitriles is 1. The Hall–Kier alpha value is -4.31. The number of nitrogens with zero attached hydrogens (tertiary/aromatic N) is 1. The second kappa shape index (κ2) is 8.59. The zero-order chi connectivity index (χ0) is 20.8. The number of methoxy groups -OCH3 is 1. The van der Waals surface area contributed by atoms with Crippen molar-refractivity contribution >= 4 is 23.6 Å². The van der Waals surface area contributed by atoms with Gasteiger partial charge in [-0.05, 0) is 48.0 Å². The molecule has 29 heavy (non-hydrogen) atoms. The normalized spacial score (nSPS) is 10.8. The topological polar surface area (TPSA) is 115 Å². The second-order valence-corrected chi connectivity index (χ2v) is 5.92. The van der Waals surface area contributed by atoms with Gasteiger partial charge in [-0.2, -0.15) is 5.26 Å². The summed E-state index contributed by atoms with van der Waals surface area (Å²) < 4.78 is 10.7. The van der Waals surface area contributed by atoms with E-state index in [4.69, 9.17) is 9.15 Å². The zero-order valence-corrected chi connectivity index (χ0v) is 15.3. The maximum atomic E-state index is 12.4. The first-order valence-corrected chi connectivity index (χ1v) is 8.49. The third-order valence-electron chi connectivity index (χ3n) is 4.01. The van der Waals surface area contributed by atoms with Crippen molar-refractivity contribution in [1.82, 2.24) is 0 Å². The number of benzene rings is 2. The summed E-state index contributed by atoms with van der Waals surface area (Å²) in [4.78, 5) is 23.3. The molecular weight excluding hydrogens is 372 g/mol. The van der Waals surface area contributed by atoms with E-state index >= 15 is 0 Å². The van der Waals surface area contributed by atoms with Crippen LogP contribution in [0, 0.1) is 11.3 Å². The number of hydrogen-bond acceptors (Lipinski definition) is 6. The van der Waals surface area contributed by atoms with E-state index in [1.165, 1.54) is 25.3 Å². The van der Waals surface area contributed by atoms with E-state index in [9.17, 15) is 20.0 Å². The maximum absolute atomic E-state index is 12.4. The van der Waals surface area contributed by atoms with Gasteiger partial charge in [-0.1, -0.05) is 18.2 Å². The van der Waals surface area contributed by atoms with Crippen molar-refractivity contribution in [2.75, 3.05) is 12.4 Å². The predicted molar refractivity (Wildman–Crippen MR) is 104 cm³/mol. The van der Waals surface area contributed by atoms with E-state index in [1.54, 1.807) is 48.5 Å². The lowest BCUT2D eigenvalue weighted by atomic mass is 10.1. The highest BCUT2D eigenvalue weighted by Gasteiger charge is 2.12. The first kappa shape index (κ1) is 19.5.